The fourth-order valence-corrected chi connectivity index (χ4v) is 0.447. The number of aliphatic hydroxyl groups is 1. The van der Waals surface area contributed by atoms with E-state index in [1.165, 1.54) is 0 Å². The van der Waals surface area contributed by atoms with Gasteiger partial charge in [0.2, 0.25) is 0 Å². The van der Waals surface area contributed by atoms with Crippen LogP contribution in [0.2, 0.25) is 0 Å². The third kappa shape index (κ3) is 6.48. The van der Waals surface area contributed by atoms with Gasteiger partial charge in [0.15, 0.2) is 5.01 Å². The Morgan fingerprint density at radius 3 is 2.43 bits per heavy atom. The summed E-state index contributed by atoms with van der Waals surface area (Å²) in [6.07, 6.45) is 0. The van der Waals surface area contributed by atoms with E-state index < -0.39 is 5.01 Å². The van der Waals surface area contributed by atoms with Gasteiger partial charge < -0.3 is 5.11 Å². The molecule has 0 aliphatic heterocycles. The summed E-state index contributed by atoms with van der Waals surface area (Å²) in [6, 6.07) is 0. The van der Waals surface area contributed by atoms with Gasteiger partial charge in [0, 0.05) is 0 Å². The molecule has 0 aromatic carbocycles. The molecule has 1 unspecified atom stereocenters. The van der Waals surface area contributed by atoms with Crippen LogP contribution in [-0.4, -0.2) is 15.4 Å². The number of rotatable bonds is 0. The van der Waals surface area contributed by atoms with E-state index in [9.17, 15) is 0 Å². The molecule has 0 amide bonds. The number of hydrogen-bond donors (Lipinski definition) is 1. The predicted octanol–water partition coefficient (Wildman–Crippen LogP) is 1.10. The molecule has 1 nitrogen and oxygen atoms in total. The van der Waals surface area contributed by atoms with E-state index in [1.807, 2.05) is 0 Å². The van der Waals surface area contributed by atoms with E-state index in [1.54, 1.807) is 0 Å². The molecule has 0 saturated carbocycles. The molecule has 0 radical (unpaired) electrons. The van der Waals surface area contributed by atoms with E-state index in [4.69, 9.17) is 5.11 Å². The Labute approximate surface area is 59.4 Å². The van der Waals surface area contributed by atoms with Crippen molar-refractivity contribution in [3.63, 3.8) is 0 Å². The van der Waals surface area contributed by atoms with Crippen LogP contribution in [0.3, 0.4) is 0 Å². The van der Waals surface area contributed by atoms with Crippen LogP contribution in [0.5, 0.6) is 0 Å². The molecule has 0 rings (SSSR count). The monoisotopic (exact) mass is 226 g/mol. The average molecular weight is 228 g/mol. The number of aliphatic hydroxyl groups excluding tert-OH is 1. The van der Waals surface area contributed by atoms with Gasteiger partial charge in [-0.2, -0.15) is 0 Å². The topological polar surface area (TPSA) is 20.2 Å². The lowest BCUT2D eigenvalue weighted by molar-refractivity contribution is 0.324. The molecular formula is C4H4Br2O. The summed E-state index contributed by atoms with van der Waals surface area (Å²) in [7, 11) is 0. The summed E-state index contributed by atoms with van der Waals surface area (Å²) < 4.78 is 0. The predicted molar refractivity (Wildman–Crippen MR) is 36.5 cm³/mol. The number of halogens is 2. The lowest BCUT2D eigenvalue weighted by Crippen LogP contribution is -1.86. The molecule has 0 aliphatic rings. The standard InChI is InChI=1S/C4H4Br2O/c5-3-1-2-4(6)7/h4,7H,3H2. The van der Waals surface area contributed by atoms with Gasteiger partial charge in [-0.25, -0.2) is 0 Å². The molecule has 1 N–H and O–H groups in total. The lowest BCUT2D eigenvalue weighted by atomic mass is 10.6. The van der Waals surface area contributed by atoms with Crippen molar-refractivity contribution in [2.45, 2.75) is 5.01 Å². The summed E-state index contributed by atoms with van der Waals surface area (Å²) in [5, 5.41) is 8.34. The summed E-state index contributed by atoms with van der Waals surface area (Å²) in [4.78, 5) is 0. The molecule has 40 valence electrons. The maximum Gasteiger partial charge on any atom is 0.170 e. The molecule has 1 atom stereocenters. The smallest absolute Gasteiger partial charge is 0.170 e. The van der Waals surface area contributed by atoms with Gasteiger partial charge in [-0.1, -0.05) is 27.8 Å². The van der Waals surface area contributed by atoms with E-state index in [0.717, 1.165) is 0 Å². The van der Waals surface area contributed by atoms with Crippen LogP contribution in [0, 0.1) is 11.8 Å². The first-order valence-electron chi connectivity index (χ1n) is 1.64. The Kier molecular flexibility index (Phi) is 4.95. The van der Waals surface area contributed by atoms with Gasteiger partial charge in [-0.3, -0.25) is 0 Å². The minimum absolute atomic E-state index is 0.607. The lowest BCUT2D eigenvalue weighted by Gasteiger charge is -1.81. The fraction of sp³-hybridized carbons (Fsp3) is 0.500. The van der Waals surface area contributed by atoms with E-state index in [0.29, 0.717) is 5.33 Å². The first-order valence-corrected chi connectivity index (χ1v) is 3.67. The van der Waals surface area contributed by atoms with E-state index in [2.05, 4.69) is 43.7 Å². The summed E-state index contributed by atoms with van der Waals surface area (Å²) in [5.41, 5.74) is 0. The Bertz CT molecular complexity index is 89.6. The molecule has 0 fully saturated rings. The number of alkyl halides is 2. The molecule has 0 aliphatic carbocycles. The highest BCUT2D eigenvalue weighted by Crippen LogP contribution is 1.88. The fourth-order valence-electron chi connectivity index (χ4n) is 0.123. The molecule has 0 saturated heterocycles. The van der Waals surface area contributed by atoms with Crippen LogP contribution in [0.1, 0.15) is 0 Å². The Morgan fingerprint density at radius 1 is 1.71 bits per heavy atom. The molecule has 0 aromatic heterocycles. The minimum Gasteiger partial charge on any atom is -0.371 e. The van der Waals surface area contributed by atoms with Gasteiger partial charge in [-0.05, 0) is 15.9 Å². The highest BCUT2D eigenvalue weighted by molar-refractivity contribution is 9.09. The zero-order chi connectivity index (χ0) is 5.70. The van der Waals surface area contributed by atoms with Gasteiger partial charge in [0.1, 0.15) is 0 Å². The Hall–Kier alpha value is 0.480. The van der Waals surface area contributed by atoms with Crippen molar-refractivity contribution in [2.24, 2.45) is 0 Å². The van der Waals surface area contributed by atoms with Crippen LogP contribution in [0.4, 0.5) is 0 Å². The molecule has 7 heavy (non-hydrogen) atoms. The Morgan fingerprint density at radius 2 is 2.29 bits per heavy atom. The SMILES string of the molecule is OC(Br)C#CCBr. The molecule has 3 heteroatoms. The molecule has 0 spiro atoms. The second kappa shape index (κ2) is 4.63. The van der Waals surface area contributed by atoms with Crippen molar-refractivity contribution in [1.29, 1.82) is 0 Å². The quantitative estimate of drug-likeness (QED) is 0.486. The van der Waals surface area contributed by atoms with Gasteiger partial charge in [-0.15, -0.1) is 0 Å². The Balaban J connectivity index is 3.24. The molecule has 0 heterocycles. The summed E-state index contributed by atoms with van der Waals surface area (Å²) in [5.74, 6) is 5.09. The second-order valence-electron chi connectivity index (χ2n) is 0.791. The first-order chi connectivity index (χ1) is 3.27. The van der Waals surface area contributed by atoms with Crippen molar-refractivity contribution in [1.82, 2.24) is 0 Å². The summed E-state index contributed by atoms with van der Waals surface area (Å²) >= 11 is 5.91. The second-order valence-corrected chi connectivity index (χ2v) is 2.22. The van der Waals surface area contributed by atoms with Crippen molar-refractivity contribution in [3.05, 3.63) is 0 Å². The van der Waals surface area contributed by atoms with Crippen LogP contribution < -0.4 is 0 Å². The van der Waals surface area contributed by atoms with Gasteiger partial charge in [0.25, 0.3) is 0 Å². The zero-order valence-corrected chi connectivity index (χ0v) is 6.66. The minimum atomic E-state index is -0.676. The number of hydrogen-bond acceptors (Lipinski definition) is 1. The average Bonchev–Trinajstić information content (AvgIpc) is 1.61. The van der Waals surface area contributed by atoms with Crippen molar-refractivity contribution < 1.29 is 5.11 Å². The third-order valence-electron chi connectivity index (χ3n) is 0.288. The molecule has 0 aromatic rings. The molecule has 0 bridgehead atoms. The largest absolute Gasteiger partial charge is 0.371 e. The van der Waals surface area contributed by atoms with Crippen LogP contribution in [-0.2, 0) is 0 Å². The van der Waals surface area contributed by atoms with Crippen LogP contribution in [0.25, 0.3) is 0 Å². The molecular weight excluding hydrogens is 224 g/mol. The first kappa shape index (κ1) is 7.48. The van der Waals surface area contributed by atoms with Crippen molar-refractivity contribution in [2.75, 3.05) is 5.33 Å². The van der Waals surface area contributed by atoms with Crippen LogP contribution >= 0.6 is 31.9 Å². The maximum absolute atomic E-state index is 8.41. The van der Waals surface area contributed by atoms with Crippen LogP contribution in [0.15, 0.2) is 0 Å². The van der Waals surface area contributed by atoms with E-state index in [-0.39, 0.29) is 0 Å². The van der Waals surface area contributed by atoms with E-state index >= 15 is 0 Å². The van der Waals surface area contributed by atoms with Crippen molar-refractivity contribution in [3.8, 4) is 11.8 Å². The highest BCUT2D eigenvalue weighted by Gasteiger charge is 1.81. The third-order valence-corrected chi connectivity index (χ3v) is 0.797. The zero-order valence-electron chi connectivity index (χ0n) is 3.49. The van der Waals surface area contributed by atoms with Gasteiger partial charge in [0.05, 0.1) is 5.33 Å². The highest BCUT2D eigenvalue weighted by atomic mass is 79.9. The van der Waals surface area contributed by atoms with Crippen molar-refractivity contribution >= 4 is 31.9 Å². The van der Waals surface area contributed by atoms with Gasteiger partial charge >= 0.3 is 0 Å². The normalized spacial score (nSPS) is 11.9. The summed E-state index contributed by atoms with van der Waals surface area (Å²) in [6.45, 7) is 0. The maximum atomic E-state index is 8.41.